The molecule has 2 heterocycles. The first-order valence-electron chi connectivity index (χ1n) is 11.9. The fourth-order valence-electron chi connectivity index (χ4n) is 4.96. The molecule has 2 N–H and O–H groups in total. The van der Waals surface area contributed by atoms with Gasteiger partial charge in [-0.25, -0.2) is 0 Å². The van der Waals surface area contributed by atoms with Crippen LogP contribution in [0.25, 0.3) is 43.6 Å². The second-order valence-corrected chi connectivity index (χ2v) is 8.76. The monoisotopic (exact) mass is 439 g/mol. The Morgan fingerprint density at radius 1 is 0.697 bits per heavy atom. The summed E-state index contributed by atoms with van der Waals surface area (Å²) in [6.45, 7) is 8.36. The molecule has 33 heavy (non-hydrogen) atoms. The molecule has 0 aliphatic rings. The fraction of sp³-hybridized carbons (Fsp3) is 0.286. The molecule has 0 aliphatic heterocycles. The molecule has 0 saturated heterocycles. The number of rotatable bonds is 6. The largest absolute Gasteiger partial charge is 0.371 e. The number of aromatic nitrogens is 2. The Kier molecular flexibility index (Phi) is 5.41. The second kappa shape index (κ2) is 8.39. The maximum Gasteiger partial charge on any atom is 0.197 e. The first-order chi connectivity index (χ1) is 16.0. The number of pyridine rings is 2. The smallest absolute Gasteiger partial charge is 0.197 e. The van der Waals surface area contributed by atoms with E-state index in [1.165, 1.54) is 0 Å². The average molecular weight is 440 g/mol. The molecule has 2 aromatic heterocycles. The van der Waals surface area contributed by atoms with Crippen molar-refractivity contribution in [2.75, 3.05) is 18.0 Å². The zero-order valence-corrected chi connectivity index (χ0v) is 19.4. The molecular weight excluding hydrogens is 410 g/mol. The number of nitrogens with one attached hydrogen (secondary N) is 2. The van der Waals surface area contributed by atoms with Gasteiger partial charge in [-0.1, -0.05) is 32.9 Å². The SMILES string of the molecule is CCCN(CCC)c1ccc2c(=O)c3cc4[nH]c5cccc(CC)c5c(=O)c4cc3[nH]c2c1. The maximum absolute atomic E-state index is 13.4. The molecule has 5 rings (SSSR count). The topological polar surface area (TPSA) is 69.0 Å². The molecular formula is C28H29N3O2. The molecule has 0 fully saturated rings. The van der Waals surface area contributed by atoms with Gasteiger partial charge in [0.25, 0.3) is 0 Å². The van der Waals surface area contributed by atoms with Gasteiger partial charge < -0.3 is 14.9 Å². The highest BCUT2D eigenvalue weighted by Crippen LogP contribution is 2.25. The van der Waals surface area contributed by atoms with E-state index in [4.69, 9.17) is 0 Å². The highest BCUT2D eigenvalue weighted by molar-refractivity contribution is 6.03. The maximum atomic E-state index is 13.4. The van der Waals surface area contributed by atoms with E-state index in [1.54, 1.807) is 0 Å². The second-order valence-electron chi connectivity index (χ2n) is 8.76. The van der Waals surface area contributed by atoms with Crippen LogP contribution in [0.5, 0.6) is 0 Å². The van der Waals surface area contributed by atoms with Gasteiger partial charge in [-0.2, -0.15) is 0 Å². The first kappa shape index (κ1) is 21.3. The van der Waals surface area contributed by atoms with Gasteiger partial charge in [0.15, 0.2) is 10.9 Å². The molecule has 0 unspecified atom stereocenters. The standard InChI is InChI=1S/C28H29N3O2/c1-4-12-31(13-5-2)18-10-11-19-23(14-18)30-24-16-21-25(15-20(24)27(19)32)29-22-9-7-8-17(6-3)26(22)28(21)33/h7-11,14-16H,4-6,12-13H2,1-3H3,(H,29,33)(H,30,32). The van der Waals surface area contributed by atoms with E-state index < -0.39 is 0 Å². The van der Waals surface area contributed by atoms with Gasteiger partial charge in [-0.3, -0.25) is 9.59 Å². The van der Waals surface area contributed by atoms with Gasteiger partial charge in [-0.05, 0) is 61.2 Å². The van der Waals surface area contributed by atoms with Crippen molar-refractivity contribution in [2.45, 2.75) is 40.0 Å². The summed E-state index contributed by atoms with van der Waals surface area (Å²) in [7, 11) is 0. The van der Waals surface area contributed by atoms with Crippen molar-refractivity contribution in [3.63, 3.8) is 0 Å². The van der Waals surface area contributed by atoms with Crippen molar-refractivity contribution in [3.05, 3.63) is 74.5 Å². The molecule has 0 atom stereocenters. The minimum absolute atomic E-state index is 0.00450. The van der Waals surface area contributed by atoms with Crippen LogP contribution < -0.4 is 15.8 Å². The van der Waals surface area contributed by atoms with Crippen LogP contribution in [-0.4, -0.2) is 23.1 Å². The summed E-state index contributed by atoms with van der Waals surface area (Å²) in [5, 5.41) is 2.58. The molecule has 0 bridgehead atoms. The minimum Gasteiger partial charge on any atom is -0.371 e. The summed E-state index contributed by atoms with van der Waals surface area (Å²) in [5.41, 5.74) is 5.10. The van der Waals surface area contributed by atoms with Crippen LogP contribution in [0.3, 0.4) is 0 Å². The van der Waals surface area contributed by atoms with Crippen LogP contribution in [-0.2, 0) is 6.42 Å². The van der Waals surface area contributed by atoms with Gasteiger partial charge in [0.2, 0.25) is 0 Å². The van der Waals surface area contributed by atoms with Gasteiger partial charge in [-0.15, -0.1) is 0 Å². The number of nitrogens with zero attached hydrogens (tertiary/aromatic N) is 1. The lowest BCUT2D eigenvalue weighted by Crippen LogP contribution is -2.24. The predicted molar refractivity (Wildman–Crippen MR) is 140 cm³/mol. The van der Waals surface area contributed by atoms with E-state index in [9.17, 15) is 9.59 Å². The summed E-state index contributed by atoms with van der Waals surface area (Å²) in [6.07, 6.45) is 2.92. The number of fused-ring (bicyclic) bond motifs is 4. The lowest BCUT2D eigenvalue weighted by Gasteiger charge is -2.24. The molecule has 0 aliphatic carbocycles. The zero-order chi connectivity index (χ0) is 23.1. The number of H-pyrrole nitrogens is 2. The number of hydrogen-bond acceptors (Lipinski definition) is 3. The molecule has 3 aromatic carbocycles. The van der Waals surface area contributed by atoms with Crippen molar-refractivity contribution in [3.8, 4) is 0 Å². The summed E-state index contributed by atoms with van der Waals surface area (Å²) in [4.78, 5) is 36.0. The highest BCUT2D eigenvalue weighted by Gasteiger charge is 2.14. The molecule has 0 radical (unpaired) electrons. The molecule has 168 valence electrons. The van der Waals surface area contributed by atoms with E-state index in [0.717, 1.165) is 60.0 Å². The van der Waals surface area contributed by atoms with E-state index in [-0.39, 0.29) is 10.9 Å². The number of aryl methyl sites for hydroxylation is 1. The third-order valence-electron chi connectivity index (χ3n) is 6.54. The third kappa shape index (κ3) is 3.48. The molecule has 0 amide bonds. The number of anilines is 1. The lowest BCUT2D eigenvalue weighted by molar-refractivity contribution is 0.745. The summed E-state index contributed by atoms with van der Waals surface area (Å²) < 4.78 is 0. The van der Waals surface area contributed by atoms with Crippen molar-refractivity contribution in [1.29, 1.82) is 0 Å². The number of aromatic amines is 2. The van der Waals surface area contributed by atoms with E-state index >= 15 is 0 Å². The van der Waals surface area contributed by atoms with Crippen molar-refractivity contribution < 1.29 is 0 Å². The van der Waals surface area contributed by atoms with Crippen LogP contribution in [0.4, 0.5) is 5.69 Å². The Morgan fingerprint density at radius 3 is 2.00 bits per heavy atom. The minimum atomic E-state index is -0.0204. The number of benzene rings is 3. The Labute approximate surface area is 192 Å². The summed E-state index contributed by atoms with van der Waals surface area (Å²) >= 11 is 0. The van der Waals surface area contributed by atoms with Gasteiger partial charge >= 0.3 is 0 Å². The van der Waals surface area contributed by atoms with Crippen LogP contribution in [0.2, 0.25) is 0 Å². The van der Waals surface area contributed by atoms with Crippen LogP contribution in [0.15, 0.2) is 58.1 Å². The summed E-state index contributed by atoms with van der Waals surface area (Å²) in [5.74, 6) is 0. The van der Waals surface area contributed by atoms with Crippen LogP contribution >= 0.6 is 0 Å². The third-order valence-corrected chi connectivity index (χ3v) is 6.54. The Bertz CT molecular complexity index is 1620. The quantitative estimate of drug-likeness (QED) is 0.325. The molecule has 5 aromatic rings. The number of hydrogen-bond donors (Lipinski definition) is 2. The zero-order valence-electron chi connectivity index (χ0n) is 19.4. The predicted octanol–water partition coefficient (Wildman–Crippen LogP) is 5.86. The van der Waals surface area contributed by atoms with Crippen LogP contribution in [0, 0.1) is 0 Å². The highest BCUT2D eigenvalue weighted by atomic mass is 16.1. The lowest BCUT2D eigenvalue weighted by atomic mass is 10.0. The molecule has 5 heteroatoms. The van der Waals surface area contributed by atoms with Gasteiger partial charge in [0, 0.05) is 40.3 Å². The van der Waals surface area contributed by atoms with Crippen LogP contribution in [0.1, 0.15) is 39.2 Å². The van der Waals surface area contributed by atoms with Gasteiger partial charge in [0.1, 0.15) is 0 Å². The normalized spacial score (nSPS) is 11.7. The molecule has 0 spiro atoms. The Hall–Kier alpha value is -3.60. The van der Waals surface area contributed by atoms with Crippen molar-refractivity contribution >= 4 is 49.3 Å². The van der Waals surface area contributed by atoms with Crippen molar-refractivity contribution in [1.82, 2.24) is 9.97 Å². The van der Waals surface area contributed by atoms with Crippen molar-refractivity contribution in [2.24, 2.45) is 0 Å². The van der Waals surface area contributed by atoms with E-state index in [0.29, 0.717) is 27.2 Å². The fourth-order valence-corrected chi connectivity index (χ4v) is 4.96. The summed E-state index contributed by atoms with van der Waals surface area (Å²) in [6, 6.07) is 15.5. The van der Waals surface area contributed by atoms with E-state index in [1.807, 2.05) is 42.5 Å². The Morgan fingerprint density at radius 2 is 1.33 bits per heavy atom. The first-order valence-corrected chi connectivity index (χ1v) is 11.9. The molecule has 0 saturated carbocycles. The Balaban J connectivity index is 1.79. The molecule has 5 nitrogen and oxygen atoms in total. The average Bonchev–Trinajstić information content (AvgIpc) is 2.83. The van der Waals surface area contributed by atoms with E-state index in [2.05, 4.69) is 41.7 Å². The van der Waals surface area contributed by atoms with Gasteiger partial charge in [0.05, 0.1) is 22.1 Å².